The third-order valence-corrected chi connectivity index (χ3v) is 8.12. The molecule has 0 aromatic heterocycles. The summed E-state index contributed by atoms with van der Waals surface area (Å²) in [4.78, 5) is 2.54. The van der Waals surface area contributed by atoms with E-state index in [9.17, 15) is 15.5 Å². The van der Waals surface area contributed by atoms with Crippen LogP contribution in [0.15, 0.2) is 30.3 Å². The fourth-order valence-electron chi connectivity index (χ4n) is 6.21. The maximum Gasteiger partial charge on any atom is 0.154 e. The number of benzene rings is 2. The highest BCUT2D eigenvalue weighted by Crippen LogP contribution is 2.41. The molecular formula is C27H34N2O3. The van der Waals surface area contributed by atoms with Gasteiger partial charge in [-0.05, 0) is 80.4 Å². The zero-order chi connectivity index (χ0) is 22.2. The number of aliphatic hydroxyl groups excluding tert-OH is 1. The summed E-state index contributed by atoms with van der Waals surface area (Å²) in [7, 11) is 0. The first-order chi connectivity index (χ1) is 15.5. The highest BCUT2D eigenvalue weighted by molar-refractivity contribution is 5.90. The van der Waals surface area contributed by atoms with Crippen LogP contribution in [0.1, 0.15) is 69.4 Å². The first-order valence-corrected chi connectivity index (χ1v) is 12.3. The summed E-state index contributed by atoms with van der Waals surface area (Å²) in [6, 6.07) is 13.7. The second-order valence-electron chi connectivity index (χ2n) is 10.3. The molecule has 1 aliphatic carbocycles. The highest BCUT2D eigenvalue weighted by atomic mass is 16.5. The van der Waals surface area contributed by atoms with E-state index in [2.05, 4.69) is 42.2 Å². The van der Waals surface area contributed by atoms with Crippen molar-refractivity contribution in [1.29, 1.82) is 5.26 Å². The van der Waals surface area contributed by atoms with Gasteiger partial charge in [0.05, 0.1) is 6.10 Å². The fourth-order valence-corrected chi connectivity index (χ4v) is 6.21. The van der Waals surface area contributed by atoms with Crippen LogP contribution in [-0.2, 0) is 6.54 Å². The van der Waals surface area contributed by atoms with E-state index in [0.29, 0.717) is 17.6 Å². The number of rotatable bonds is 5. The smallest absolute Gasteiger partial charge is 0.154 e. The topological polar surface area (TPSA) is 76.7 Å². The number of hydrogen-bond acceptors (Lipinski definition) is 5. The maximum absolute atomic E-state index is 9.99. The van der Waals surface area contributed by atoms with E-state index in [1.807, 2.05) is 6.07 Å². The lowest BCUT2D eigenvalue weighted by Gasteiger charge is -2.39. The van der Waals surface area contributed by atoms with Gasteiger partial charge in [-0.25, -0.2) is 0 Å². The van der Waals surface area contributed by atoms with Gasteiger partial charge in [0.1, 0.15) is 17.4 Å². The van der Waals surface area contributed by atoms with E-state index in [-0.39, 0.29) is 12.0 Å². The molecule has 32 heavy (non-hydrogen) atoms. The van der Waals surface area contributed by atoms with Crippen LogP contribution >= 0.6 is 0 Å². The van der Waals surface area contributed by atoms with Crippen molar-refractivity contribution in [1.82, 2.24) is 4.90 Å². The molecule has 0 amide bonds. The van der Waals surface area contributed by atoms with E-state index in [4.69, 9.17) is 4.74 Å². The number of nitriles is 1. The van der Waals surface area contributed by atoms with Gasteiger partial charge in [0.25, 0.3) is 0 Å². The summed E-state index contributed by atoms with van der Waals surface area (Å²) in [6.07, 6.45) is 7.46. The van der Waals surface area contributed by atoms with Crippen molar-refractivity contribution >= 4 is 10.8 Å². The molecule has 2 heterocycles. The van der Waals surface area contributed by atoms with Crippen molar-refractivity contribution in [2.45, 2.75) is 89.3 Å². The highest BCUT2D eigenvalue weighted by Gasteiger charge is 2.42. The van der Waals surface area contributed by atoms with Crippen molar-refractivity contribution in [3.05, 3.63) is 41.5 Å². The molecule has 5 nitrogen and oxygen atoms in total. The van der Waals surface area contributed by atoms with Crippen LogP contribution in [0.3, 0.4) is 0 Å². The molecule has 2 unspecified atom stereocenters. The van der Waals surface area contributed by atoms with Gasteiger partial charge in [0, 0.05) is 29.9 Å². The summed E-state index contributed by atoms with van der Waals surface area (Å²) in [5, 5.41) is 31.3. The van der Waals surface area contributed by atoms with Gasteiger partial charge in [-0.3, -0.25) is 4.90 Å². The Labute approximate surface area is 190 Å². The molecule has 170 valence electrons. The Balaban J connectivity index is 1.37. The fraction of sp³-hybridized carbons (Fsp3) is 0.593. The average Bonchev–Trinajstić information content (AvgIpc) is 3.01. The molecule has 1 saturated carbocycles. The van der Waals surface area contributed by atoms with Gasteiger partial charge in [-0.2, -0.15) is 5.26 Å². The molecule has 3 fully saturated rings. The van der Waals surface area contributed by atoms with Crippen LogP contribution in [0, 0.1) is 23.2 Å². The number of nitrogens with zero attached hydrogens (tertiary/aromatic N) is 2. The van der Waals surface area contributed by atoms with Crippen molar-refractivity contribution < 1.29 is 14.9 Å². The summed E-state index contributed by atoms with van der Waals surface area (Å²) in [5.74, 6) is 1.48. The second kappa shape index (κ2) is 9.02. The van der Waals surface area contributed by atoms with Crippen LogP contribution < -0.4 is 4.74 Å². The lowest BCUT2D eigenvalue weighted by atomic mass is 9.89. The Bertz CT molecular complexity index is 992. The minimum absolute atomic E-state index is 0.00646. The molecule has 3 aliphatic rings. The van der Waals surface area contributed by atoms with Crippen LogP contribution in [-0.4, -0.2) is 39.6 Å². The van der Waals surface area contributed by atoms with Crippen molar-refractivity contribution in [3.8, 4) is 11.8 Å². The number of hydrogen-bond donors (Lipinski definition) is 2. The molecule has 2 N–H and O–H groups in total. The van der Waals surface area contributed by atoms with E-state index >= 15 is 0 Å². The standard InChI is InChI=1S/C27H34N2O3/c1-17-2-9-23(10-3-17)32-26-11-6-19-5-4-18(12-24(19)25(26)15-28)16-29-21-7-8-22(29)14-20(13-21)27(30)31/h4-6,11-12,17,20-23,27,30-31H,2-3,7-10,13-14,16H2,1H3. The minimum Gasteiger partial charge on any atom is -0.489 e. The van der Waals surface area contributed by atoms with Gasteiger partial charge in [-0.1, -0.05) is 25.1 Å². The predicted molar refractivity (Wildman–Crippen MR) is 124 cm³/mol. The number of fused-ring (bicyclic) bond motifs is 3. The summed E-state index contributed by atoms with van der Waals surface area (Å²) in [5.41, 5.74) is 1.85. The van der Waals surface area contributed by atoms with Crippen LogP contribution in [0.25, 0.3) is 10.8 Å². The number of aliphatic hydroxyl groups is 2. The SMILES string of the molecule is CC1CCC(Oc2ccc3ccc(CN4C5CCC4CC(C(O)O)C5)cc3c2C#N)CC1. The summed E-state index contributed by atoms with van der Waals surface area (Å²) >= 11 is 0. The molecule has 2 aliphatic heterocycles. The second-order valence-corrected chi connectivity index (χ2v) is 10.3. The van der Waals surface area contributed by atoms with E-state index in [1.165, 1.54) is 18.4 Å². The first kappa shape index (κ1) is 21.7. The molecule has 5 rings (SSSR count). The average molecular weight is 435 g/mol. The summed E-state index contributed by atoms with van der Waals surface area (Å²) in [6.45, 7) is 3.14. The molecule has 5 heteroatoms. The van der Waals surface area contributed by atoms with E-state index < -0.39 is 6.29 Å². The maximum atomic E-state index is 9.99. The molecule has 2 saturated heterocycles. The Hall–Kier alpha value is -2.13. The normalized spacial score (nSPS) is 30.5. The Morgan fingerprint density at radius 2 is 1.72 bits per heavy atom. The zero-order valence-corrected chi connectivity index (χ0v) is 18.9. The van der Waals surface area contributed by atoms with Gasteiger partial charge >= 0.3 is 0 Å². The van der Waals surface area contributed by atoms with Crippen LogP contribution in [0.2, 0.25) is 0 Å². The van der Waals surface area contributed by atoms with Crippen molar-refractivity contribution in [3.63, 3.8) is 0 Å². The lowest BCUT2D eigenvalue weighted by molar-refractivity contribution is -0.108. The molecular weight excluding hydrogens is 400 g/mol. The Morgan fingerprint density at radius 3 is 2.38 bits per heavy atom. The van der Waals surface area contributed by atoms with Crippen molar-refractivity contribution in [2.24, 2.45) is 11.8 Å². The quantitative estimate of drug-likeness (QED) is 0.666. The number of piperidine rings is 1. The van der Waals surface area contributed by atoms with Gasteiger partial charge in [0.2, 0.25) is 0 Å². The van der Waals surface area contributed by atoms with E-state index in [1.54, 1.807) is 0 Å². The molecule has 2 atom stereocenters. The molecule has 0 radical (unpaired) electrons. The number of ether oxygens (including phenoxy) is 1. The van der Waals surface area contributed by atoms with Gasteiger partial charge in [-0.15, -0.1) is 0 Å². The van der Waals surface area contributed by atoms with Crippen LogP contribution in [0.4, 0.5) is 0 Å². The molecule has 2 aromatic rings. The summed E-state index contributed by atoms with van der Waals surface area (Å²) < 4.78 is 6.32. The lowest BCUT2D eigenvalue weighted by Crippen LogP contribution is -2.45. The Kier molecular flexibility index (Phi) is 6.11. The zero-order valence-electron chi connectivity index (χ0n) is 18.9. The molecule has 2 aromatic carbocycles. The first-order valence-electron chi connectivity index (χ1n) is 12.3. The van der Waals surface area contributed by atoms with Crippen LogP contribution in [0.5, 0.6) is 5.75 Å². The molecule has 2 bridgehead atoms. The van der Waals surface area contributed by atoms with Gasteiger partial charge < -0.3 is 14.9 Å². The predicted octanol–water partition coefficient (Wildman–Crippen LogP) is 4.72. The van der Waals surface area contributed by atoms with Crippen molar-refractivity contribution in [2.75, 3.05) is 0 Å². The van der Waals surface area contributed by atoms with E-state index in [0.717, 1.165) is 67.5 Å². The monoisotopic (exact) mass is 434 g/mol. The Morgan fingerprint density at radius 1 is 1.03 bits per heavy atom. The minimum atomic E-state index is -1.20. The van der Waals surface area contributed by atoms with Gasteiger partial charge in [0.15, 0.2) is 6.29 Å². The largest absolute Gasteiger partial charge is 0.489 e. The third-order valence-electron chi connectivity index (χ3n) is 8.12. The molecule has 0 spiro atoms. The third kappa shape index (κ3) is 4.24.